The van der Waals surface area contributed by atoms with Crippen LogP contribution in [0.25, 0.3) is 0 Å². The normalized spacial score (nSPS) is 27.2. The number of quaternary nitrogens is 1. The molecule has 0 aromatic heterocycles. The fourth-order valence-electron chi connectivity index (χ4n) is 2.69. The van der Waals surface area contributed by atoms with Gasteiger partial charge in [-0.25, -0.2) is 4.90 Å². The number of carbonyl (C=O) groups is 1. The third-order valence-electron chi connectivity index (χ3n) is 3.88. The first-order valence-corrected chi connectivity index (χ1v) is 6.87. The highest BCUT2D eigenvalue weighted by Crippen LogP contribution is 2.15. The van der Waals surface area contributed by atoms with Gasteiger partial charge in [-0.2, -0.15) is 0 Å². The lowest BCUT2D eigenvalue weighted by molar-refractivity contribution is -0.891. The zero-order chi connectivity index (χ0) is 12.8. The number of aliphatic carboxylic acids is 1. The van der Waals surface area contributed by atoms with Gasteiger partial charge >= 0.3 is 0 Å². The number of nitrogens with one attached hydrogen (secondary N) is 1. The van der Waals surface area contributed by atoms with Crippen molar-refractivity contribution in [2.45, 2.75) is 45.7 Å². The molecule has 0 bridgehead atoms. The maximum atomic E-state index is 11.1. The highest BCUT2D eigenvalue weighted by Gasteiger charge is 2.34. The van der Waals surface area contributed by atoms with Crippen LogP contribution in [0.1, 0.15) is 39.5 Å². The molecule has 1 saturated heterocycles. The second-order valence-electron chi connectivity index (χ2n) is 5.23. The van der Waals surface area contributed by atoms with E-state index >= 15 is 0 Å². The highest BCUT2D eigenvalue weighted by molar-refractivity contribution is 5.69. The molecule has 0 aliphatic carbocycles. The van der Waals surface area contributed by atoms with E-state index in [1.54, 1.807) is 0 Å². The Kier molecular flexibility index (Phi) is 5.92. The molecule has 0 saturated carbocycles. The average Bonchev–Trinajstić information content (AvgIpc) is 2.65. The van der Waals surface area contributed by atoms with Crippen molar-refractivity contribution in [1.29, 1.82) is 0 Å². The van der Waals surface area contributed by atoms with Crippen LogP contribution >= 0.6 is 0 Å². The summed E-state index contributed by atoms with van der Waals surface area (Å²) >= 11 is 0. The average molecular weight is 242 g/mol. The molecule has 1 N–H and O–H groups in total. The van der Waals surface area contributed by atoms with E-state index in [-0.39, 0.29) is 0 Å². The molecule has 3 unspecified atom stereocenters. The third kappa shape index (κ3) is 3.96. The van der Waals surface area contributed by atoms with Gasteiger partial charge < -0.3 is 14.8 Å². The van der Waals surface area contributed by atoms with Crippen LogP contribution in [0.15, 0.2) is 0 Å². The van der Waals surface area contributed by atoms with Crippen LogP contribution in [-0.2, 0) is 4.79 Å². The van der Waals surface area contributed by atoms with Crippen molar-refractivity contribution in [3.05, 3.63) is 0 Å². The minimum Gasteiger partial charge on any atom is -0.543 e. The summed E-state index contributed by atoms with van der Waals surface area (Å²) in [5.74, 6) is -0.298. The first-order valence-electron chi connectivity index (χ1n) is 6.87. The molecule has 1 aliphatic heterocycles. The molecule has 1 rings (SSSR count). The maximum Gasteiger partial charge on any atom is 0.184 e. The van der Waals surface area contributed by atoms with Gasteiger partial charge in [-0.15, -0.1) is 0 Å². The lowest BCUT2D eigenvalue weighted by Crippen LogP contribution is -3.13. The molecule has 0 spiro atoms. The quantitative estimate of drug-likeness (QED) is 0.630. The van der Waals surface area contributed by atoms with E-state index in [0.717, 1.165) is 31.0 Å². The molecule has 4 nitrogen and oxygen atoms in total. The fraction of sp³-hybridized carbons (Fsp3) is 0.923. The van der Waals surface area contributed by atoms with Gasteiger partial charge in [-0.1, -0.05) is 33.1 Å². The van der Waals surface area contributed by atoms with Crippen LogP contribution in [0.3, 0.4) is 0 Å². The Bertz CT molecular complexity index is 246. The van der Waals surface area contributed by atoms with Crippen LogP contribution < -0.4 is 10.0 Å². The summed E-state index contributed by atoms with van der Waals surface area (Å²) < 4.78 is 0. The van der Waals surface area contributed by atoms with Gasteiger partial charge in [0.05, 0.1) is 20.1 Å². The second kappa shape index (κ2) is 6.97. The number of nitrogens with zero attached hydrogens (tertiary/aromatic N) is 1. The monoisotopic (exact) mass is 242 g/mol. The minimum atomic E-state index is -0.926. The van der Waals surface area contributed by atoms with Crippen molar-refractivity contribution >= 4 is 5.97 Å². The van der Waals surface area contributed by atoms with Gasteiger partial charge in [-0.3, -0.25) is 0 Å². The number of carboxylic acids is 1. The predicted molar refractivity (Wildman–Crippen MR) is 65.4 cm³/mol. The summed E-state index contributed by atoms with van der Waals surface area (Å²) in [7, 11) is 1.94. The Hall–Kier alpha value is -0.610. The topological polar surface area (TPSA) is 47.8 Å². The molecule has 4 heteroatoms. The molecule has 1 heterocycles. The smallest absolute Gasteiger partial charge is 0.184 e. The summed E-state index contributed by atoms with van der Waals surface area (Å²) in [6.45, 7) is 7.09. The number of unbranched alkanes of at least 4 members (excludes halogenated alkanes) is 1. The van der Waals surface area contributed by atoms with Crippen molar-refractivity contribution < 1.29 is 14.8 Å². The molecule has 100 valence electrons. The Labute approximate surface area is 105 Å². The van der Waals surface area contributed by atoms with Gasteiger partial charge in [0.2, 0.25) is 0 Å². The second-order valence-corrected chi connectivity index (χ2v) is 5.23. The number of carbonyl (C=O) groups excluding carboxylic acids is 1. The number of likely N-dealkylation sites (N-methyl/N-ethyl adjacent to an activating group) is 1. The molecular weight excluding hydrogens is 216 g/mol. The molecule has 1 aliphatic rings. The number of carboxylic acid groups (broad SMARTS) is 1. The molecule has 17 heavy (non-hydrogen) atoms. The number of hydrogen-bond acceptors (Lipinski definition) is 3. The molecule has 3 atom stereocenters. The van der Waals surface area contributed by atoms with Gasteiger partial charge in [0.1, 0.15) is 5.97 Å². The highest BCUT2D eigenvalue weighted by atomic mass is 16.4. The van der Waals surface area contributed by atoms with E-state index < -0.39 is 12.1 Å². The van der Waals surface area contributed by atoms with Crippen molar-refractivity contribution in [2.75, 3.05) is 26.7 Å². The van der Waals surface area contributed by atoms with Gasteiger partial charge in [0.25, 0.3) is 0 Å². The van der Waals surface area contributed by atoms with Crippen molar-refractivity contribution in [2.24, 2.45) is 5.92 Å². The fourth-order valence-corrected chi connectivity index (χ4v) is 2.69. The van der Waals surface area contributed by atoms with E-state index in [2.05, 4.69) is 18.7 Å². The van der Waals surface area contributed by atoms with Gasteiger partial charge in [0, 0.05) is 6.54 Å². The van der Waals surface area contributed by atoms with E-state index in [0.29, 0.717) is 5.92 Å². The van der Waals surface area contributed by atoms with Crippen molar-refractivity contribution in [3.8, 4) is 0 Å². The molecule has 0 amide bonds. The van der Waals surface area contributed by atoms with Crippen LogP contribution in [0.4, 0.5) is 0 Å². The SMILES string of the molecule is CCCCC(CC)CN1CC[NH+](C)C1C(=O)[O-]. The largest absolute Gasteiger partial charge is 0.543 e. The van der Waals surface area contributed by atoms with Crippen LogP contribution in [0, 0.1) is 5.92 Å². The van der Waals surface area contributed by atoms with E-state index in [9.17, 15) is 9.90 Å². The standard InChI is InChI=1S/C13H26N2O2/c1-4-6-7-11(5-2)10-15-9-8-14(3)12(15)13(16)17/h11-12H,4-10H2,1-3H3,(H,16,17). The van der Waals surface area contributed by atoms with E-state index in [4.69, 9.17) is 0 Å². The summed E-state index contributed by atoms with van der Waals surface area (Å²) in [6, 6.07) is 0. The lowest BCUT2D eigenvalue weighted by Gasteiger charge is -2.28. The molecule has 0 aromatic carbocycles. The molecule has 1 fully saturated rings. The van der Waals surface area contributed by atoms with Gasteiger partial charge in [0.15, 0.2) is 6.17 Å². The Morgan fingerprint density at radius 3 is 2.76 bits per heavy atom. The third-order valence-corrected chi connectivity index (χ3v) is 3.88. The van der Waals surface area contributed by atoms with E-state index in [1.165, 1.54) is 19.3 Å². The van der Waals surface area contributed by atoms with Gasteiger partial charge in [-0.05, 0) is 12.3 Å². The molecular formula is C13H26N2O2. The van der Waals surface area contributed by atoms with Crippen LogP contribution in [0.5, 0.6) is 0 Å². The van der Waals surface area contributed by atoms with E-state index in [1.807, 2.05) is 7.05 Å². The maximum absolute atomic E-state index is 11.1. The zero-order valence-electron chi connectivity index (χ0n) is 11.4. The summed E-state index contributed by atoms with van der Waals surface area (Å²) in [4.78, 5) is 14.3. The Morgan fingerprint density at radius 2 is 2.24 bits per heavy atom. The predicted octanol–water partition coefficient (Wildman–Crippen LogP) is -0.891. The minimum absolute atomic E-state index is 0.439. The van der Waals surface area contributed by atoms with Crippen molar-refractivity contribution in [3.63, 3.8) is 0 Å². The zero-order valence-corrected chi connectivity index (χ0v) is 11.4. The first-order chi connectivity index (χ1) is 8.10. The van der Waals surface area contributed by atoms with Crippen LogP contribution in [-0.4, -0.2) is 43.7 Å². The first kappa shape index (κ1) is 14.5. The lowest BCUT2D eigenvalue weighted by atomic mass is 9.98. The summed E-state index contributed by atoms with van der Waals surface area (Å²) in [6.07, 6.45) is 4.36. The Morgan fingerprint density at radius 1 is 1.53 bits per heavy atom. The van der Waals surface area contributed by atoms with Crippen LogP contribution in [0.2, 0.25) is 0 Å². The summed E-state index contributed by atoms with van der Waals surface area (Å²) in [5, 5.41) is 11.1. The number of hydrogen-bond donors (Lipinski definition) is 1. The molecule has 0 aromatic rings. The Balaban J connectivity index is 2.50. The summed E-state index contributed by atoms with van der Waals surface area (Å²) in [5.41, 5.74) is 0. The molecule has 0 radical (unpaired) electrons. The number of rotatable bonds is 7. The van der Waals surface area contributed by atoms with Crippen molar-refractivity contribution in [1.82, 2.24) is 4.90 Å².